The van der Waals surface area contributed by atoms with Crippen molar-refractivity contribution in [3.05, 3.63) is 0 Å². The topological polar surface area (TPSA) is 114 Å². The highest BCUT2D eigenvalue weighted by Gasteiger charge is 2.66. The van der Waals surface area contributed by atoms with Gasteiger partial charge < -0.3 is 53.7 Å². The van der Waals surface area contributed by atoms with Crippen LogP contribution in [0.25, 0.3) is 0 Å². The Balaban J connectivity index is 1.73. The fraction of sp³-hybridized carbons (Fsp3) is 1.00. The highest BCUT2D eigenvalue weighted by atomic mass is 28.4. The first-order valence-corrected chi connectivity index (χ1v) is 18.0. The number of fused-ring (bicyclic) bond motifs is 4. The minimum atomic E-state index is -3.58. The third kappa shape index (κ3) is 7.07. The van der Waals surface area contributed by atoms with Gasteiger partial charge in [-0.05, 0) is 12.8 Å². The Morgan fingerprint density at radius 2 is 1.65 bits per heavy atom. The smallest absolute Gasteiger partial charge is 0.379 e. The molecule has 0 amide bonds. The summed E-state index contributed by atoms with van der Waals surface area (Å²) in [6.07, 6.45) is 1.10. The Labute approximate surface area is 224 Å². The molecule has 218 valence electrons. The molecule has 5 atom stereocenters. The normalized spacial score (nSPS) is 33.3. The summed E-state index contributed by atoms with van der Waals surface area (Å²) in [5.41, 5.74) is -1.03. The highest BCUT2D eigenvalue weighted by molar-refractivity contribution is 6.63. The lowest BCUT2D eigenvalue weighted by Gasteiger charge is -2.54. The van der Waals surface area contributed by atoms with Gasteiger partial charge in [0, 0.05) is 88.7 Å². The van der Waals surface area contributed by atoms with Crippen LogP contribution in [0.1, 0.15) is 12.8 Å². The van der Waals surface area contributed by atoms with Gasteiger partial charge >= 0.3 is 26.7 Å². The monoisotopic (exact) mass is 587 g/mol. The van der Waals surface area contributed by atoms with E-state index in [0.717, 1.165) is 6.42 Å². The number of hydrogen-bond donors (Lipinski definition) is 0. The zero-order chi connectivity index (χ0) is 27.0. The Morgan fingerprint density at radius 3 is 2.27 bits per heavy atom. The molecule has 0 saturated carbocycles. The van der Waals surface area contributed by atoms with Gasteiger partial charge in [0.2, 0.25) is 0 Å². The molecule has 2 bridgehead atoms. The average Bonchev–Trinajstić information content (AvgIpc) is 2.90. The molecule has 0 aromatic heterocycles. The van der Waals surface area contributed by atoms with Crippen molar-refractivity contribution in [1.29, 1.82) is 0 Å². The van der Waals surface area contributed by atoms with Crippen molar-refractivity contribution in [3.63, 3.8) is 0 Å². The molecule has 16 heteroatoms. The van der Waals surface area contributed by atoms with E-state index >= 15 is 0 Å². The molecule has 0 N–H and O–H groups in total. The summed E-state index contributed by atoms with van der Waals surface area (Å²) in [6, 6.07) is 0.658. The Kier molecular flexibility index (Phi) is 12.1. The van der Waals surface area contributed by atoms with E-state index in [1.807, 2.05) is 0 Å². The van der Waals surface area contributed by atoms with Gasteiger partial charge in [-0.1, -0.05) is 0 Å². The summed E-state index contributed by atoms with van der Waals surface area (Å²) < 4.78 is 71.5. The van der Waals surface area contributed by atoms with E-state index in [9.17, 15) is 0 Å². The minimum Gasteiger partial charge on any atom is -0.379 e. The molecule has 0 aromatic carbocycles. The molecule has 0 aromatic rings. The predicted octanol–water partition coefficient (Wildman–Crippen LogP) is 0.508. The second-order valence-electron chi connectivity index (χ2n) is 9.28. The zero-order valence-corrected chi connectivity index (χ0v) is 26.3. The maximum Gasteiger partial charge on any atom is 0.680 e. The second kappa shape index (κ2) is 14.2. The second-order valence-corrected chi connectivity index (χ2v) is 17.6. The van der Waals surface area contributed by atoms with Crippen LogP contribution >= 0.6 is 0 Å². The van der Waals surface area contributed by atoms with Crippen molar-refractivity contribution in [2.45, 2.75) is 36.1 Å². The van der Waals surface area contributed by atoms with E-state index < -0.39 is 32.3 Å². The van der Waals surface area contributed by atoms with Crippen molar-refractivity contribution in [3.8, 4) is 0 Å². The molecule has 4 aliphatic heterocycles. The predicted molar refractivity (Wildman–Crippen MR) is 137 cm³/mol. The van der Waals surface area contributed by atoms with Crippen LogP contribution in [0.2, 0.25) is 11.6 Å². The molecule has 4 saturated heterocycles. The number of rotatable bonds is 14. The molecular weight excluding hydrogens is 542 g/mol. The summed E-state index contributed by atoms with van der Waals surface area (Å²) in [4.78, 5) is 2.27. The number of ether oxygens (including phenoxy) is 2. The van der Waals surface area contributed by atoms with Crippen LogP contribution < -0.4 is 0 Å². The van der Waals surface area contributed by atoms with Crippen LogP contribution in [0.5, 0.6) is 0 Å². The molecule has 13 nitrogen and oxygen atoms in total. The fourth-order valence-electron chi connectivity index (χ4n) is 5.45. The van der Waals surface area contributed by atoms with Gasteiger partial charge in [-0.3, -0.25) is 4.90 Å². The molecule has 5 unspecified atom stereocenters. The molecule has 0 aliphatic carbocycles. The third-order valence-electron chi connectivity index (χ3n) is 7.35. The lowest BCUT2D eigenvalue weighted by Crippen LogP contribution is -2.72. The maximum atomic E-state index is 6.80. The SMILES string of the molecule is CO[Si](CCCOCC1CN2CCO[Si](OC)(O1)OC1(COCCC1[Si](OC)(OC)OC)C2)(OC)OC. The van der Waals surface area contributed by atoms with Gasteiger partial charge in [-0.15, -0.1) is 0 Å². The van der Waals surface area contributed by atoms with Crippen molar-refractivity contribution in [2.24, 2.45) is 0 Å². The van der Waals surface area contributed by atoms with Crippen molar-refractivity contribution < 1.29 is 53.7 Å². The maximum absolute atomic E-state index is 6.80. The van der Waals surface area contributed by atoms with E-state index in [1.165, 1.54) is 0 Å². The zero-order valence-electron chi connectivity index (χ0n) is 23.3. The average molecular weight is 588 g/mol. The standard InChI is InChI=1S/C21H45NO12Si3/c1-23-35(24-2,25-3)14-8-11-30-16-19-15-22-10-13-32-37(29-7,33-19)34-21(17-22)18-31-12-9-20(21)36(26-4,27-5)28-6/h19-20H,8-18H2,1-7H3. The van der Waals surface area contributed by atoms with Gasteiger partial charge in [-0.2, -0.15) is 0 Å². The number of hydrogen-bond acceptors (Lipinski definition) is 13. The molecule has 4 aliphatic rings. The van der Waals surface area contributed by atoms with Crippen molar-refractivity contribution in [2.75, 3.05) is 102 Å². The minimum absolute atomic E-state index is 0.192. The van der Waals surface area contributed by atoms with Crippen molar-refractivity contribution in [1.82, 2.24) is 4.90 Å². The van der Waals surface area contributed by atoms with E-state index in [0.29, 0.717) is 65.1 Å². The highest BCUT2D eigenvalue weighted by Crippen LogP contribution is 2.46. The van der Waals surface area contributed by atoms with Crippen LogP contribution in [0.3, 0.4) is 0 Å². The van der Waals surface area contributed by atoms with E-state index in [4.69, 9.17) is 53.7 Å². The molecule has 1 spiro atoms. The van der Waals surface area contributed by atoms with Crippen LogP contribution in [-0.2, 0) is 53.7 Å². The molecular formula is C21H45NO12Si3. The largest absolute Gasteiger partial charge is 0.680 e. The van der Waals surface area contributed by atoms with Gasteiger partial charge in [0.1, 0.15) is 5.60 Å². The third-order valence-corrected chi connectivity index (χ3v) is 15.9. The number of nitrogens with zero attached hydrogens (tertiary/aromatic N) is 1. The van der Waals surface area contributed by atoms with Crippen LogP contribution in [-0.4, -0.2) is 146 Å². The molecule has 4 heterocycles. The summed E-state index contributed by atoms with van der Waals surface area (Å²) in [7, 11) is 1.93. The molecule has 4 rings (SSSR count). The van der Waals surface area contributed by atoms with E-state index in [1.54, 1.807) is 49.8 Å². The Morgan fingerprint density at radius 1 is 0.946 bits per heavy atom. The van der Waals surface area contributed by atoms with E-state index in [2.05, 4.69) is 4.90 Å². The lowest BCUT2D eigenvalue weighted by atomic mass is 9.94. The summed E-state index contributed by atoms with van der Waals surface area (Å²) in [6.45, 7) is 4.10. The Hall–Kier alpha value is 0.131. The first-order valence-electron chi connectivity index (χ1n) is 12.6. The van der Waals surface area contributed by atoms with Gasteiger partial charge in [-0.25, -0.2) is 0 Å². The molecule has 4 fully saturated rings. The first kappa shape index (κ1) is 31.7. The first-order chi connectivity index (χ1) is 17.8. The van der Waals surface area contributed by atoms with E-state index in [-0.39, 0.29) is 11.6 Å². The van der Waals surface area contributed by atoms with Gasteiger partial charge in [0.15, 0.2) is 0 Å². The van der Waals surface area contributed by atoms with Gasteiger partial charge in [0.25, 0.3) is 0 Å². The fourth-order valence-corrected chi connectivity index (χ4v) is 12.1. The quantitative estimate of drug-likeness (QED) is 0.208. The summed E-state index contributed by atoms with van der Waals surface area (Å²) in [5.74, 6) is 0. The van der Waals surface area contributed by atoms with Gasteiger partial charge in [0.05, 0.1) is 31.5 Å². The van der Waals surface area contributed by atoms with Crippen LogP contribution in [0.15, 0.2) is 0 Å². The lowest BCUT2D eigenvalue weighted by molar-refractivity contribution is -0.192. The Bertz CT molecular complexity index is 675. The summed E-state index contributed by atoms with van der Waals surface area (Å²) in [5, 5.41) is 0. The van der Waals surface area contributed by atoms with Crippen molar-refractivity contribution >= 4 is 26.7 Å². The molecule has 0 radical (unpaired) electrons. The molecule has 37 heavy (non-hydrogen) atoms. The van der Waals surface area contributed by atoms with Crippen LogP contribution in [0, 0.1) is 0 Å². The van der Waals surface area contributed by atoms with Crippen LogP contribution in [0.4, 0.5) is 0 Å². The summed E-state index contributed by atoms with van der Waals surface area (Å²) >= 11 is 0.